The van der Waals surface area contributed by atoms with Gasteiger partial charge < -0.3 is 20.0 Å². The number of nitrogens with zero attached hydrogens (tertiary/aromatic N) is 1. The monoisotopic (exact) mass is 502 g/mol. The second-order valence-electron chi connectivity index (χ2n) is 6.47. The van der Waals surface area contributed by atoms with E-state index in [1.807, 2.05) is 0 Å². The van der Waals surface area contributed by atoms with Gasteiger partial charge in [0.15, 0.2) is 0 Å². The van der Waals surface area contributed by atoms with Crippen LogP contribution in [-0.4, -0.2) is 16.8 Å². The average Bonchev–Trinajstić information content (AvgIpc) is 2.74. The topological polar surface area (TPSA) is 122 Å². The van der Waals surface area contributed by atoms with Crippen molar-refractivity contribution in [2.75, 3.05) is 5.32 Å². The molecule has 0 radical (unpaired) electrons. The molecule has 170 valence electrons. The number of nitro benzene ring substituents is 1. The van der Waals surface area contributed by atoms with E-state index in [-0.39, 0.29) is 57.3 Å². The van der Waals surface area contributed by atoms with Crippen LogP contribution in [0.3, 0.4) is 0 Å². The summed E-state index contributed by atoms with van der Waals surface area (Å²) < 4.78 is 43.8. The van der Waals surface area contributed by atoms with Gasteiger partial charge in [0.1, 0.15) is 17.1 Å². The fourth-order valence-electron chi connectivity index (χ4n) is 2.77. The molecule has 3 aromatic rings. The van der Waals surface area contributed by atoms with Gasteiger partial charge in [0.25, 0.3) is 11.6 Å². The minimum absolute atomic E-state index is 0. The van der Waals surface area contributed by atoms with Gasteiger partial charge in [0, 0.05) is 17.7 Å². The molecular weight excluding hydrogens is 492 g/mol. The predicted octanol–water partition coefficient (Wildman–Crippen LogP) is 1.68. The molecule has 3 rings (SSSR count). The number of carbonyl (C=O) groups is 2. The molecule has 0 saturated carbocycles. The van der Waals surface area contributed by atoms with E-state index in [9.17, 15) is 38.0 Å². The Hall–Kier alpha value is -3.12. The normalized spacial score (nSPS) is 10.7. The number of aromatic carboxylic acids is 1. The zero-order valence-corrected chi connectivity index (χ0v) is 19.9. The number of alkyl halides is 3. The van der Waals surface area contributed by atoms with E-state index < -0.39 is 39.8 Å². The summed E-state index contributed by atoms with van der Waals surface area (Å²) in [5.74, 6) is -2.93. The molecule has 0 fully saturated rings. The third kappa shape index (κ3) is 6.26. The molecule has 0 spiro atoms. The van der Waals surface area contributed by atoms with Crippen LogP contribution in [0.2, 0.25) is 5.02 Å². The van der Waals surface area contributed by atoms with Crippen molar-refractivity contribution in [1.29, 1.82) is 0 Å². The Balaban J connectivity index is 0.00000408. The van der Waals surface area contributed by atoms with Crippen LogP contribution in [0.15, 0.2) is 60.7 Å². The van der Waals surface area contributed by atoms with Gasteiger partial charge in [0.05, 0.1) is 27.2 Å². The Bertz CT molecular complexity index is 1270. The number of rotatable bonds is 6. The largest absolute Gasteiger partial charge is 1.00 e. The summed E-state index contributed by atoms with van der Waals surface area (Å²) in [5.41, 5.74) is -2.63. The number of carboxylic acids is 1. The van der Waals surface area contributed by atoms with Crippen molar-refractivity contribution in [3.8, 4) is 11.5 Å². The van der Waals surface area contributed by atoms with Gasteiger partial charge in [-0.2, -0.15) is 13.2 Å². The number of para-hydroxylation sites is 1. The second kappa shape index (κ2) is 10.9. The predicted molar refractivity (Wildman–Crippen MR) is 108 cm³/mol. The van der Waals surface area contributed by atoms with E-state index >= 15 is 0 Å². The Labute approximate surface area is 216 Å². The number of hydrogen-bond acceptors (Lipinski definition) is 6. The summed E-state index contributed by atoms with van der Waals surface area (Å²) in [6.07, 6.45) is -4.62. The minimum atomic E-state index is -4.62. The van der Waals surface area contributed by atoms with Crippen LogP contribution in [0.25, 0.3) is 0 Å². The first-order valence-electron chi connectivity index (χ1n) is 8.92. The van der Waals surface area contributed by atoms with Crippen molar-refractivity contribution in [3.05, 3.63) is 92.5 Å². The zero-order chi connectivity index (χ0) is 24.3. The summed E-state index contributed by atoms with van der Waals surface area (Å²) in [6.45, 7) is 0. The Morgan fingerprint density at radius 1 is 1.00 bits per heavy atom. The Morgan fingerprint density at radius 3 is 2.26 bits per heavy atom. The van der Waals surface area contributed by atoms with Crippen LogP contribution >= 0.6 is 11.6 Å². The first-order chi connectivity index (χ1) is 15.5. The minimum Gasteiger partial charge on any atom is -0.545 e. The van der Waals surface area contributed by atoms with Crippen molar-refractivity contribution in [2.45, 2.75) is 6.18 Å². The van der Waals surface area contributed by atoms with E-state index in [1.165, 1.54) is 24.3 Å². The number of carbonyl (C=O) groups excluding carboxylic acids is 2. The van der Waals surface area contributed by atoms with Gasteiger partial charge in [-0.3, -0.25) is 14.9 Å². The van der Waals surface area contributed by atoms with E-state index in [0.717, 1.165) is 30.3 Å². The standard InChI is InChI=1S/C21H12ClF3N2O6.Na/c22-15-9-11(21(23,24)25)5-8-18(15)33-12-6-7-17(27(31)32)14(10-12)19(28)26-16-4-2-1-3-13(16)20(29)30;/h1-10H,(H,26,28)(H,29,30);/q;+1/p-1. The molecule has 1 amide bonds. The number of nitrogens with one attached hydrogen (secondary N) is 1. The van der Waals surface area contributed by atoms with Gasteiger partial charge >= 0.3 is 35.7 Å². The molecule has 0 saturated heterocycles. The van der Waals surface area contributed by atoms with Crippen molar-refractivity contribution >= 4 is 34.9 Å². The molecule has 13 heteroatoms. The molecule has 0 bridgehead atoms. The van der Waals surface area contributed by atoms with Gasteiger partial charge in [-0.05, 0) is 30.3 Å². The van der Waals surface area contributed by atoms with Gasteiger partial charge in [-0.1, -0.05) is 29.8 Å². The van der Waals surface area contributed by atoms with E-state index in [2.05, 4.69) is 5.32 Å². The summed E-state index contributed by atoms with van der Waals surface area (Å²) in [4.78, 5) is 34.4. The number of hydrogen-bond donors (Lipinski definition) is 1. The van der Waals surface area contributed by atoms with Crippen LogP contribution < -0.4 is 44.7 Å². The molecule has 0 unspecified atom stereocenters. The summed E-state index contributed by atoms with van der Waals surface area (Å²) in [6, 6.07) is 10.6. The number of ether oxygens (including phenoxy) is 1. The molecule has 1 N–H and O–H groups in total. The first kappa shape index (κ1) is 27.1. The van der Waals surface area contributed by atoms with Crippen molar-refractivity contribution in [2.24, 2.45) is 0 Å². The number of amides is 1. The van der Waals surface area contributed by atoms with Crippen LogP contribution in [0.5, 0.6) is 11.5 Å². The maximum Gasteiger partial charge on any atom is 1.00 e. The van der Waals surface area contributed by atoms with Crippen LogP contribution in [0, 0.1) is 10.1 Å². The van der Waals surface area contributed by atoms with Crippen LogP contribution in [0.4, 0.5) is 24.5 Å². The summed E-state index contributed by atoms with van der Waals surface area (Å²) in [7, 11) is 0. The molecule has 0 heterocycles. The first-order valence-corrected chi connectivity index (χ1v) is 9.30. The van der Waals surface area contributed by atoms with Crippen LogP contribution in [0.1, 0.15) is 26.3 Å². The van der Waals surface area contributed by atoms with Gasteiger partial charge in [-0.25, -0.2) is 0 Å². The van der Waals surface area contributed by atoms with Gasteiger partial charge in [0.2, 0.25) is 0 Å². The fourth-order valence-corrected chi connectivity index (χ4v) is 2.99. The summed E-state index contributed by atoms with van der Waals surface area (Å²) >= 11 is 5.85. The Kier molecular flexibility index (Phi) is 8.67. The second-order valence-corrected chi connectivity index (χ2v) is 6.88. The maximum absolute atomic E-state index is 12.8. The smallest absolute Gasteiger partial charge is 0.545 e. The maximum atomic E-state index is 12.8. The zero-order valence-electron chi connectivity index (χ0n) is 17.2. The average molecular weight is 503 g/mol. The number of anilines is 1. The SMILES string of the molecule is O=C([O-])c1ccccc1NC(=O)c1cc(Oc2ccc(C(F)(F)F)cc2Cl)ccc1[N+](=O)[O-].[Na+]. The molecule has 0 aliphatic carbocycles. The summed E-state index contributed by atoms with van der Waals surface area (Å²) in [5, 5.41) is 24.5. The van der Waals surface area contributed by atoms with Crippen LogP contribution in [-0.2, 0) is 6.18 Å². The molecule has 0 atom stereocenters. The van der Waals surface area contributed by atoms with Crippen molar-refractivity contribution < 1.29 is 67.1 Å². The third-order valence-corrected chi connectivity index (χ3v) is 4.59. The van der Waals surface area contributed by atoms with E-state index in [4.69, 9.17) is 16.3 Å². The number of benzene rings is 3. The molecule has 3 aromatic carbocycles. The quantitative estimate of drug-likeness (QED) is 0.311. The molecule has 8 nitrogen and oxygen atoms in total. The molecule has 34 heavy (non-hydrogen) atoms. The third-order valence-electron chi connectivity index (χ3n) is 4.29. The number of carboxylic acid groups (broad SMARTS) is 1. The van der Waals surface area contributed by atoms with Gasteiger partial charge in [-0.15, -0.1) is 0 Å². The van der Waals surface area contributed by atoms with E-state index in [1.54, 1.807) is 0 Å². The Morgan fingerprint density at radius 2 is 1.68 bits per heavy atom. The molecule has 0 aliphatic rings. The molecule has 0 aromatic heterocycles. The number of halogens is 4. The van der Waals surface area contributed by atoms with Crippen molar-refractivity contribution in [3.63, 3.8) is 0 Å². The molecule has 0 aliphatic heterocycles. The van der Waals surface area contributed by atoms with E-state index in [0.29, 0.717) is 6.07 Å². The fraction of sp³-hybridized carbons (Fsp3) is 0.0476. The van der Waals surface area contributed by atoms with Crippen molar-refractivity contribution in [1.82, 2.24) is 0 Å². The number of nitro groups is 1. The molecular formula is C21H11ClF3N2NaO6.